The van der Waals surface area contributed by atoms with Crippen LogP contribution in [0.15, 0.2) is 55.1 Å². The van der Waals surface area contributed by atoms with Gasteiger partial charge in [0.1, 0.15) is 11.5 Å². The molecule has 0 heterocycles. The minimum Gasteiger partial charge on any atom is -0.508 e. The molecule has 4 nitrogen and oxygen atoms in total. The average molecular weight is 405 g/mol. The standard InChI is InChI=1S/C25H26O2.CH2O2/c1-6-21-15(2)11-19(12-16(21)3)24(22-9-7-8-10-23(22)26)20-13-17(4)25(27)18(5)14-20;2-1-3/h6-14,24,26-27H,1H2,2-5H3;1H,(H,2,3). The van der Waals surface area contributed by atoms with Crippen molar-refractivity contribution < 1.29 is 20.1 Å². The Morgan fingerprint density at radius 3 is 1.70 bits per heavy atom. The number of carboxylic acid groups (broad SMARTS) is 1. The molecule has 30 heavy (non-hydrogen) atoms. The third-order valence-corrected chi connectivity index (χ3v) is 5.25. The molecular weight excluding hydrogens is 376 g/mol. The summed E-state index contributed by atoms with van der Waals surface area (Å²) in [5, 5.41) is 27.7. The zero-order valence-corrected chi connectivity index (χ0v) is 17.8. The molecule has 1 unspecified atom stereocenters. The van der Waals surface area contributed by atoms with Gasteiger partial charge in [-0.05, 0) is 72.7 Å². The lowest BCUT2D eigenvalue weighted by Crippen LogP contribution is -2.06. The summed E-state index contributed by atoms with van der Waals surface area (Å²) in [5.74, 6) is 0.471. The van der Waals surface area contributed by atoms with Crippen LogP contribution in [0.4, 0.5) is 0 Å². The van der Waals surface area contributed by atoms with E-state index in [2.05, 4.69) is 32.6 Å². The summed E-state index contributed by atoms with van der Waals surface area (Å²) in [7, 11) is 0. The first-order valence-corrected chi connectivity index (χ1v) is 9.64. The van der Waals surface area contributed by atoms with Crippen LogP contribution in [-0.2, 0) is 4.79 Å². The molecule has 0 aromatic heterocycles. The molecular formula is C26H28O4. The van der Waals surface area contributed by atoms with Crippen molar-refractivity contribution in [2.24, 2.45) is 0 Å². The molecule has 0 aliphatic rings. The quantitative estimate of drug-likeness (QED) is 0.376. The highest BCUT2D eigenvalue weighted by Crippen LogP contribution is 2.40. The van der Waals surface area contributed by atoms with Crippen molar-refractivity contribution in [1.82, 2.24) is 0 Å². The second kappa shape index (κ2) is 9.79. The van der Waals surface area contributed by atoms with Crippen molar-refractivity contribution in [3.8, 4) is 11.5 Å². The van der Waals surface area contributed by atoms with Gasteiger partial charge in [0, 0.05) is 11.5 Å². The summed E-state index contributed by atoms with van der Waals surface area (Å²) < 4.78 is 0. The Bertz CT molecular complexity index is 1020. The molecule has 3 N–H and O–H groups in total. The highest BCUT2D eigenvalue weighted by Gasteiger charge is 2.22. The SMILES string of the molecule is C=Cc1c(C)cc(C(c2cc(C)c(O)c(C)c2)c2ccccc2O)cc1C.O=CO. The van der Waals surface area contributed by atoms with Crippen molar-refractivity contribution in [1.29, 1.82) is 0 Å². The Kier molecular flexibility index (Phi) is 7.43. The fourth-order valence-corrected chi connectivity index (χ4v) is 3.94. The smallest absolute Gasteiger partial charge is 0.290 e. The largest absolute Gasteiger partial charge is 0.508 e. The number of para-hydroxylation sites is 1. The molecule has 156 valence electrons. The number of hydrogen-bond donors (Lipinski definition) is 3. The molecule has 4 heteroatoms. The summed E-state index contributed by atoms with van der Waals surface area (Å²) in [6.45, 7) is 11.7. The van der Waals surface area contributed by atoms with E-state index in [1.54, 1.807) is 6.07 Å². The Morgan fingerprint density at radius 1 is 0.833 bits per heavy atom. The van der Waals surface area contributed by atoms with Gasteiger partial charge in [0.25, 0.3) is 6.47 Å². The lowest BCUT2D eigenvalue weighted by Gasteiger charge is -2.23. The van der Waals surface area contributed by atoms with Crippen LogP contribution in [0, 0.1) is 27.7 Å². The molecule has 0 aliphatic carbocycles. The zero-order chi connectivity index (χ0) is 22.4. The molecule has 0 spiro atoms. The van der Waals surface area contributed by atoms with Crippen LogP contribution in [0.1, 0.15) is 50.4 Å². The molecule has 3 rings (SSSR count). The van der Waals surface area contributed by atoms with Gasteiger partial charge >= 0.3 is 0 Å². The van der Waals surface area contributed by atoms with Crippen molar-refractivity contribution in [2.45, 2.75) is 33.6 Å². The normalized spacial score (nSPS) is 11.2. The van der Waals surface area contributed by atoms with Gasteiger partial charge < -0.3 is 15.3 Å². The summed E-state index contributed by atoms with van der Waals surface area (Å²) in [6, 6.07) is 15.8. The van der Waals surface area contributed by atoms with Gasteiger partial charge in [0.2, 0.25) is 0 Å². The maximum atomic E-state index is 10.6. The molecule has 0 fully saturated rings. The number of rotatable bonds is 4. The first-order chi connectivity index (χ1) is 14.2. The van der Waals surface area contributed by atoms with Gasteiger partial charge in [-0.3, -0.25) is 4.79 Å². The van der Waals surface area contributed by atoms with Crippen molar-refractivity contribution in [3.05, 3.63) is 99.6 Å². The molecule has 0 saturated heterocycles. The number of phenols is 2. The second-order valence-corrected chi connectivity index (χ2v) is 7.37. The van der Waals surface area contributed by atoms with Gasteiger partial charge in [-0.1, -0.05) is 55.1 Å². The Hall–Kier alpha value is -3.53. The zero-order valence-electron chi connectivity index (χ0n) is 17.8. The summed E-state index contributed by atoms with van der Waals surface area (Å²) in [4.78, 5) is 8.36. The van der Waals surface area contributed by atoms with Gasteiger partial charge in [0.15, 0.2) is 0 Å². The molecule has 3 aromatic rings. The van der Waals surface area contributed by atoms with Gasteiger partial charge in [0.05, 0.1) is 0 Å². The Balaban J connectivity index is 0.00000101. The van der Waals surface area contributed by atoms with Crippen molar-refractivity contribution >= 4 is 12.5 Å². The highest BCUT2D eigenvalue weighted by atomic mass is 16.3. The lowest BCUT2D eigenvalue weighted by atomic mass is 9.81. The number of phenolic OH excluding ortho intramolecular Hbond substituents is 2. The molecule has 3 aromatic carbocycles. The minimum absolute atomic E-state index is 0.125. The van der Waals surface area contributed by atoms with Crippen LogP contribution in [-0.4, -0.2) is 21.8 Å². The lowest BCUT2D eigenvalue weighted by molar-refractivity contribution is -0.122. The second-order valence-electron chi connectivity index (χ2n) is 7.37. The first-order valence-electron chi connectivity index (χ1n) is 9.64. The third kappa shape index (κ3) is 4.71. The van der Waals surface area contributed by atoms with E-state index in [-0.39, 0.29) is 18.1 Å². The average Bonchev–Trinajstić information content (AvgIpc) is 2.68. The Morgan fingerprint density at radius 2 is 1.27 bits per heavy atom. The molecule has 0 aliphatic heterocycles. The molecule has 0 amide bonds. The first kappa shape index (κ1) is 22.8. The Labute approximate surface area is 177 Å². The molecule has 0 bridgehead atoms. The monoisotopic (exact) mass is 404 g/mol. The highest BCUT2D eigenvalue weighted by molar-refractivity contribution is 5.60. The van der Waals surface area contributed by atoms with Crippen LogP contribution in [0.3, 0.4) is 0 Å². The number of hydrogen-bond acceptors (Lipinski definition) is 3. The van der Waals surface area contributed by atoms with E-state index < -0.39 is 0 Å². The van der Waals surface area contributed by atoms with Gasteiger partial charge in [-0.2, -0.15) is 0 Å². The van der Waals surface area contributed by atoms with Gasteiger partial charge in [-0.15, -0.1) is 0 Å². The fourth-order valence-electron chi connectivity index (χ4n) is 3.94. The maximum Gasteiger partial charge on any atom is 0.290 e. The number of carbonyl (C=O) groups is 1. The topological polar surface area (TPSA) is 77.8 Å². The van der Waals surface area contributed by atoms with Crippen LogP contribution in [0.2, 0.25) is 0 Å². The number of aromatic hydroxyl groups is 2. The van der Waals surface area contributed by atoms with E-state index in [1.807, 2.05) is 50.3 Å². The van der Waals surface area contributed by atoms with E-state index in [1.165, 1.54) is 0 Å². The van der Waals surface area contributed by atoms with Crippen LogP contribution in [0.5, 0.6) is 11.5 Å². The fraction of sp³-hybridized carbons (Fsp3) is 0.192. The van der Waals surface area contributed by atoms with Crippen LogP contribution < -0.4 is 0 Å². The van der Waals surface area contributed by atoms with E-state index in [9.17, 15) is 10.2 Å². The molecule has 0 saturated carbocycles. The van der Waals surface area contributed by atoms with Gasteiger partial charge in [-0.25, -0.2) is 0 Å². The maximum absolute atomic E-state index is 10.6. The number of benzene rings is 3. The summed E-state index contributed by atoms with van der Waals surface area (Å²) in [5.41, 5.74) is 8.15. The third-order valence-electron chi connectivity index (χ3n) is 5.25. The molecule has 1 atom stereocenters. The van der Waals surface area contributed by atoms with Crippen LogP contribution in [0.25, 0.3) is 6.08 Å². The molecule has 0 radical (unpaired) electrons. The number of aryl methyl sites for hydroxylation is 4. The summed E-state index contributed by atoms with van der Waals surface area (Å²) >= 11 is 0. The predicted octanol–water partition coefficient (Wildman–Crippen LogP) is 5.86. The van der Waals surface area contributed by atoms with E-state index in [0.29, 0.717) is 5.75 Å². The van der Waals surface area contributed by atoms with E-state index in [4.69, 9.17) is 9.90 Å². The van der Waals surface area contributed by atoms with Crippen molar-refractivity contribution in [2.75, 3.05) is 0 Å². The van der Waals surface area contributed by atoms with Crippen LogP contribution >= 0.6 is 0 Å². The minimum atomic E-state index is -0.250. The predicted molar refractivity (Wildman–Crippen MR) is 121 cm³/mol. The van der Waals surface area contributed by atoms with E-state index in [0.717, 1.165) is 44.5 Å². The van der Waals surface area contributed by atoms with E-state index >= 15 is 0 Å². The van der Waals surface area contributed by atoms with Crippen molar-refractivity contribution in [3.63, 3.8) is 0 Å². The summed E-state index contributed by atoms with van der Waals surface area (Å²) in [6.07, 6.45) is 1.89.